The smallest absolute Gasteiger partial charge is 0.422 e. The van der Waals surface area contributed by atoms with E-state index in [0.717, 1.165) is 11.1 Å². The molecule has 0 radical (unpaired) electrons. The summed E-state index contributed by atoms with van der Waals surface area (Å²) in [6, 6.07) is 8.23. The van der Waals surface area contributed by atoms with Gasteiger partial charge in [-0.05, 0) is 62.6 Å². The third kappa shape index (κ3) is 6.21. The lowest BCUT2D eigenvalue weighted by atomic mass is 9.99. The van der Waals surface area contributed by atoms with E-state index in [1.165, 1.54) is 7.11 Å². The molecule has 1 aromatic carbocycles. The molecule has 1 fully saturated rings. The van der Waals surface area contributed by atoms with Crippen LogP contribution in [0.2, 0.25) is 0 Å². The number of hydrogen-bond acceptors (Lipinski definition) is 7. The number of alkyl carbamates (subject to hydrolysis) is 1. The van der Waals surface area contributed by atoms with Crippen LogP contribution in [0.25, 0.3) is 11.5 Å². The van der Waals surface area contributed by atoms with Gasteiger partial charge in [0.05, 0.1) is 12.7 Å². The van der Waals surface area contributed by atoms with Crippen molar-refractivity contribution in [1.82, 2.24) is 25.1 Å². The van der Waals surface area contributed by atoms with Crippen LogP contribution in [-0.2, 0) is 4.74 Å². The number of amides is 2. The fraction of sp³-hybridized carbons (Fsp3) is 0.400. The topological polar surface area (TPSA) is 120 Å². The number of methoxy groups -OCH3 is 1. The molecular formula is C25H27F3N6O4. The maximum absolute atomic E-state index is 13.3. The van der Waals surface area contributed by atoms with Gasteiger partial charge in [-0.25, -0.2) is 9.78 Å². The molecule has 2 N–H and O–H groups in total. The number of halogens is 3. The number of rotatable bonds is 8. The van der Waals surface area contributed by atoms with Gasteiger partial charge in [-0.15, -0.1) is 10.2 Å². The Kier molecular flexibility index (Phi) is 7.56. The van der Waals surface area contributed by atoms with Crippen molar-refractivity contribution < 1.29 is 32.2 Å². The lowest BCUT2D eigenvalue weighted by molar-refractivity contribution is -0.160. The van der Waals surface area contributed by atoms with Gasteiger partial charge in [-0.1, -0.05) is 6.07 Å². The minimum atomic E-state index is -4.60. The van der Waals surface area contributed by atoms with Crippen molar-refractivity contribution >= 4 is 17.8 Å². The van der Waals surface area contributed by atoms with Crippen LogP contribution in [0.1, 0.15) is 53.7 Å². The monoisotopic (exact) mass is 532 g/mol. The lowest BCUT2D eigenvalue weighted by Gasteiger charge is -2.15. The first-order valence-corrected chi connectivity index (χ1v) is 11.8. The highest BCUT2D eigenvalue weighted by Crippen LogP contribution is 2.44. The molecule has 0 bridgehead atoms. The van der Waals surface area contributed by atoms with Gasteiger partial charge in [0.2, 0.25) is 0 Å². The van der Waals surface area contributed by atoms with Gasteiger partial charge in [0.1, 0.15) is 23.6 Å². The number of hydrogen-bond donors (Lipinski definition) is 2. The number of aryl methyl sites for hydroxylation is 1. The molecule has 1 aliphatic rings. The zero-order chi connectivity index (χ0) is 27.6. The Balaban J connectivity index is 1.50. The number of alkyl halides is 3. The van der Waals surface area contributed by atoms with Crippen molar-refractivity contribution in [3.8, 4) is 17.3 Å². The van der Waals surface area contributed by atoms with Gasteiger partial charge in [-0.2, -0.15) is 13.2 Å². The summed E-state index contributed by atoms with van der Waals surface area (Å²) >= 11 is 0. The third-order valence-corrected chi connectivity index (χ3v) is 6.04. The molecule has 3 aromatic rings. The van der Waals surface area contributed by atoms with E-state index in [9.17, 15) is 22.8 Å². The van der Waals surface area contributed by atoms with Crippen LogP contribution in [0, 0.1) is 6.92 Å². The Morgan fingerprint density at radius 1 is 1.24 bits per heavy atom. The molecule has 13 heteroatoms. The fourth-order valence-corrected chi connectivity index (χ4v) is 4.10. The molecule has 2 aromatic heterocycles. The second kappa shape index (κ2) is 10.7. The second-order valence-corrected chi connectivity index (χ2v) is 9.21. The van der Waals surface area contributed by atoms with Gasteiger partial charge in [-0.3, -0.25) is 4.79 Å². The number of pyridine rings is 1. The van der Waals surface area contributed by atoms with Crippen molar-refractivity contribution in [2.75, 3.05) is 19.0 Å². The summed E-state index contributed by atoms with van der Waals surface area (Å²) in [6.45, 7) is 4.15. The molecule has 4 rings (SSSR count). The van der Waals surface area contributed by atoms with E-state index in [1.54, 1.807) is 36.7 Å². The predicted molar refractivity (Wildman–Crippen MR) is 131 cm³/mol. The molecule has 2 heterocycles. The maximum atomic E-state index is 13.3. The summed E-state index contributed by atoms with van der Waals surface area (Å²) in [5.41, 5.74) is 2.36. The van der Waals surface area contributed by atoms with Gasteiger partial charge in [0, 0.05) is 18.0 Å². The first-order valence-electron chi connectivity index (χ1n) is 11.8. The highest BCUT2D eigenvalue weighted by atomic mass is 19.4. The van der Waals surface area contributed by atoms with Gasteiger partial charge < -0.3 is 24.7 Å². The van der Waals surface area contributed by atoms with E-state index in [-0.39, 0.29) is 17.5 Å². The van der Waals surface area contributed by atoms with E-state index in [4.69, 9.17) is 4.74 Å². The zero-order valence-electron chi connectivity index (χ0n) is 21.2. The number of nitrogens with one attached hydrogen (secondary N) is 2. The van der Waals surface area contributed by atoms with Gasteiger partial charge in [0.25, 0.3) is 5.91 Å². The minimum absolute atomic E-state index is 0.113. The normalized spacial score (nSPS) is 16.7. The molecule has 0 spiro atoms. The van der Waals surface area contributed by atoms with E-state index in [1.807, 2.05) is 25.3 Å². The molecule has 1 saturated carbocycles. The molecule has 202 valence electrons. The van der Waals surface area contributed by atoms with Crippen molar-refractivity contribution in [2.24, 2.45) is 0 Å². The van der Waals surface area contributed by atoms with Crippen LogP contribution >= 0.6 is 0 Å². The number of anilines is 1. The number of benzene rings is 1. The van der Waals surface area contributed by atoms with Crippen LogP contribution < -0.4 is 15.4 Å². The minimum Gasteiger partial charge on any atom is -0.496 e. The number of carbonyl (C=O) groups excluding carboxylic acids is 2. The molecule has 2 unspecified atom stereocenters. The highest BCUT2D eigenvalue weighted by molar-refractivity contribution is 6.06. The Morgan fingerprint density at radius 3 is 2.68 bits per heavy atom. The summed E-state index contributed by atoms with van der Waals surface area (Å²) in [6.07, 6.45) is -3.63. The number of nitrogens with zero attached hydrogens (tertiary/aromatic N) is 4. The van der Waals surface area contributed by atoms with Crippen LogP contribution in [0.3, 0.4) is 0 Å². The maximum Gasteiger partial charge on any atom is 0.422 e. The molecule has 0 saturated heterocycles. The molecule has 10 nitrogen and oxygen atoms in total. The second-order valence-electron chi connectivity index (χ2n) is 9.21. The van der Waals surface area contributed by atoms with E-state index < -0.39 is 30.8 Å². The highest BCUT2D eigenvalue weighted by Gasteiger charge is 2.42. The lowest BCUT2D eigenvalue weighted by Crippen LogP contribution is -2.31. The summed E-state index contributed by atoms with van der Waals surface area (Å²) in [7, 11) is 1.45. The Bertz CT molecular complexity index is 1340. The Morgan fingerprint density at radius 2 is 2.00 bits per heavy atom. The SMILES string of the molecule is COc1cc(C)c(C2CC2NC(=O)OCC(F)(F)F)cc1C(=O)Nc1cccc(-c2nncn2C(C)C)n1. The number of ether oxygens (including phenoxy) is 2. The molecule has 2 atom stereocenters. The van der Waals surface area contributed by atoms with Crippen molar-refractivity contribution in [2.45, 2.75) is 51.4 Å². The molecule has 38 heavy (non-hydrogen) atoms. The molecule has 2 amide bonds. The van der Waals surface area contributed by atoms with Crippen molar-refractivity contribution in [3.05, 3.63) is 53.3 Å². The van der Waals surface area contributed by atoms with Crippen molar-refractivity contribution in [3.63, 3.8) is 0 Å². The zero-order valence-corrected chi connectivity index (χ0v) is 21.2. The number of carbonyl (C=O) groups is 2. The summed E-state index contributed by atoms with van der Waals surface area (Å²) in [5.74, 6) is 0.553. The average molecular weight is 533 g/mol. The van der Waals surface area contributed by atoms with Crippen LogP contribution in [0.15, 0.2) is 36.7 Å². The van der Waals surface area contributed by atoms with Crippen LogP contribution in [0.5, 0.6) is 5.75 Å². The van der Waals surface area contributed by atoms with E-state index >= 15 is 0 Å². The Hall–Kier alpha value is -4.16. The Labute approximate surface area is 216 Å². The molecule has 1 aliphatic carbocycles. The van der Waals surface area contributed by atoms with Crippen LogP contribution in [-0.4, -0.2) is 57.7 Å². The fourth-order valence-electron chi connectivity index (χ4n) is 4.10. The average Bonchev–Trinajstić information content (AvgIpc) is 3.41. The summed E-state index contributed by atoms with van der Waals surface area (Å²) < 4.78 is 48.4. The summed E-state index contributed by atoms with van der Waals surface area (Å²) in [4.78, 5) is 29.5. The van der Waals surface area contributed by atoms with E-state index in [0.29, 0.717) is 29.5 Å². The quantitative estimate of drug-likeness (QED) is 0.434. The standard InChI is InChI=1S/C25H27F3N6O4/c1-13(2)34-12-29-33-22(34)18-6-5-7-21(30-18)32-23(35)17-9-15(14(3)8-20(17)37-4)16-10-19(16)31-24(36)38-11-25(26,27)28/h5-9,12-13,16,19H,10-11H2,1-4H3,(H,31,36)(H,30,32,35). The van der Waals surface area contributed by atoms with Crippen molar-refractivity contribution in [1.29, 1.82) is 0 Å². The predicted octanol–water partition coefficient (Wildman–Crippen LogP) is 4.63. The molecular weight excluding hydrogens is 505 g/mol. The third-order valence-electron chi connectivity index (χ3n) is 6.04. The summed E-state index contributed by atoms with van der Waals surface area (Å²) in [5, 5.41) is 13.3. The first kappa shape index (κ1) is 26.9. The van der Waals surface area contributed by atoms with Gasteiger partial charge in [0.15, 0.2) is 12.4 Å². The largest absolute Gasteiger partial charge is 0.496 e. The van der Waals surface area contributed by atoms with E-state index in [2.05, 4.69) is 30.6 Å². The molecule has 0 aliphatic heterocycles. The number of aromatic nitrogens is 4. The van der Waals surface area contributed by atoms with Crippen LogP contribution in [0.4, 0.5) is 23.8 Å². The first-order chi connectivity index (χ1) is 18.0. The van der Waals surface area contributed by atoms with Gasteiger partial charge >= 0.3 is 12.3 Å².